The Morgan fingerprint density at radius 3 is 2.92 bits per heavy atom. The van der Waals surface area contributed by atoms with Gasteiger partial charge in [0.05, 0.1) is 5.69 Å². The summed E-state index contributed by atoms with van der Waals surface area (Å²) in [7, 11) is 0. The Labute approximate surface area is 150 Å². The number of hydrogen-bond acceptors (Lipinski definition) is 5. The third-order valence-electron chi connectivity index (χ3n) is 3.96. The number of benzene rings is 1. The van der Waals surface area contributed by atoms with E-state index in [1.807, 2.05) is 24.0 Å². The monoisotopic (exact) mass is 365 g/mol. The summed E-state index contributed by atoms with van der Waals surface area (Å²) in [6.45, 7) is 3.58. The number of aryl methyl sites for hydroxylation is 1. The summed E-state index contributed by atoms with van der Waals surface area (Å²) in [6.07, 6.45) is 1.93. The van der Waals surface area contributed by atoms with Crippen LogP contribution in [0.2, 0.25) is 5.02 Å². The van der Waals surface area contributed by atoms with Gasteiger partial charge in [-0.05, 0) is 44.0 Å². The highest BCUT2D eigenvalue weighted by Crippen LogP contribution is 2.24. The van der Waals surface area contributed by atoms with Gasteiger partial charge in [-0.1, -0.05) is 11.6 Å². The number of nitrogens with two attached hydrogens (primary N) is 1. The van der Waals surface area contributed by atoms with Crippen LogP contribution in [0.1, 0.15) is 33.2 Å². The number of halogens is 1. The Morgan fingerprint density at radius 2 is 2.21 bits per heavy atom. The first-order valence-electron chi connectivity index (χ1n) is 7.92. The number of carbonyl (C=O) groups excluding carboxylic acids is 1. The molecular weight excluding hydrogens is 346 g/mol. The number of ether oxygens (including phenoxy) is 1. The molecule has 2 aromatic rings. The summed E-state index contributed by atoms with van der Waals surface area (Å²) >= 11 is 7.25. The Bertz CT molecular complexity index is 717. The molecule has 2 heterocycles. The second kappa shape index (κ2) is 7.51. The lowest BCUT2D eigenvalue weighted by Crippen LogP contribution is -2.45. The van der Waals surface area contributed by atoms with Gasteiger partial charge in [0.25, 0.3) is 5.91 Å². The second-order valence-corrected chi connectivity index (χ2v) is 7.44. The first-order chi connectivity index (χ1) is 11.5. The summed E-state index contributed by atoms with van der Waals surface area (Å²) in [5.41, 5.74) is 6.72. The number of carbonyl (C=O) groups is 1. The lowest BCUT2D eigenvalue weighted by molar-refractivity contribution is 0.0713. The fraction of sp³-hybridized carbons (Fsp3) is 0.412. The van der Waals surface area contributed by atoms with Gasteiger partial charge in [0.1, 0.15) is 22.2 Å². The normalized spacial score (nSPS) is 17.8. The van der Waals surface area contributed by atoms with Gasteiger partial charge in [0.15, 0.2) is 0 Å². The number of nitrogens with zero attached hydrogens (tertiary/aromatic N) is 2. The van der Waals surface area contributed by atoms with E-state index in [1.165, 1.54) is 11.3 Å². The molecule has 1 aliphatic rings. The van der Waals surface area contributed by atoms with Crippen molar-refractivity contribution in [3.8, 4) is 5.75 Å². The molecule has 128 valence electrons. The van der Waals surface area contributed by atoms with Gasteiger partial charge in [-0.25, -0.2) is 4.98 Å². The van der Waals surface area contributed by atoms with Gasteiger partial charge in [-0.2, -0.15) is 0 Å². The Kier molecular flexibility index (Phi) is 5.38. The minimum atomic E-state index is 0.0258. The van der Waals surface area contributed by atoms with Gasteiger partial charge >= 0.3 is 0 Å². The topological polar surface area (TPSA) is 68.5 Å². The molecule has 3 rings (SSSR count). The van der Waals surface area contributed by atoms with E-state index in [-0.39, 0.29) is 11.9 Å². The van der Waals surface area contributed by atoms with E-state index in [0.29, 0.717) is 23.1 Å². The molecule has 0 bridgehead atoms. The van der Waals surface area contributed by atoms with E-state index in [4.69, 9.17) is 22.1 Å². The molecule has 1 saturated heterocycles. The van der Waals surface area contributed by atoms with E-state index >= 15 is 0 Å². The molecule has 0 aliphatic carbocycles. The summed E-state index contributed by atoms with van der Waals surface area (Å²) in [6, 6.07) is 7.24. The van der Waals surface area contributed by atoms with Crippen LogP contribution in [0.4, 0.5) is 0 Å². The summed E-state index contributed by atoms with van der Waals surface area (Å²) in [5, 5.41) is 1.45. The molecule has 5 nitrogen and oxygen atoms in total. The van der Waals surface area contributed by atoms with Crippen molar-refractivity contribution in [2.24, 2.45) is 5.73 Å². The predicted molar refractivity (Wildman–Crippen MR) is 95.7 cm³/mol. The molecule has 2 N–H and O–H groups in total. The van der Waals surface area contributed by atoms with Crippen molar-refractivity contribution in [3.05, 3.63) is 44.9 Å². The van der Waals surface area contributed by atoms with Crippen LogP contribution in [-0.2, 0) is 6.61 Å². The van der Waals surface area contributed by atoms with Crippen LogP contribution in [0.3, 0.4) is 0 Å². The SMILES string of the molecule is Cc1nc(COc2ccc(Cl)cc2)sc1C(=O)N1CCCC(N)C1. The molecule has 1 unspecified atom stereocenters. The number of likely N-dealkylation sites (tertiary alicyclic amines) is 1. The molecule has 1 fully saturated rings. The smallest absolute Gasteiger partial charge is 0.265 e. The minimum absolute atomic E-state index is 0.0258. The number of thiazole rings is 1. The Morgan fingerprint density at radius 1 is 1.46 bits per heavy atom. The van der Waals surface area contributed by atoms with Crippen molar-refractivity contribution in [2.75, 3.05) is 13.1 Å². The van der Waals surface area contributed by atoms with E-state index < -0.39 is 0 Å². The maximum Gasteiger partial charge on any atom is 0.265 e. The van der Waals surface area contributed by atoms with Crippen molar-refractivity contribution < 1.29 is 9.53 Å². The van der Waals surface area contributed by atoms with Crippen molar-refractivity contribution in [2.45, 2.75) is 32.4 Å². The maximum absolute atomic E-state index is 12.7. The van der Waals surface area contributed by atoms with Crippen LogP contribution in [0.15, 0.2) is 24.3 Å². The number of amides is 1. The van der Waals surface area contributed by atoms with Crippen LogP contribution in [0, 0.1) is 6.92 Å². The lowest BCUT2D eigenvalue weighted by Gasteiger charge is -2.30. The van der Waals surface area contributed by atoms with Crippen LogP contribution in [-0.4, -0.2) is 34.9 Å². The molecule has 1 aromatic heterocycles. The number of aromatic nitrogens is 1. The van der Waals surface area contributed by atoms with E-state index in [0.717, 1.165) is 35.8 Å². The average molecular weight is 366 g/mol. The highest BCUT2D eigenvalue weighted by Gasteiger charge is 2.25. The molecule has 7 heteroatoms. The van der Waals surface area contributed by atoms with Gasteiger partial charge in [-0.15, -0.1) is 11.3 Å². The number of rotatable bonds is 4. The third kappa shape index (κ3) is 4.06. The predicted octanol–water partition coefficient (Wildman–Crippen LogP) is 3.25. The van der Waals surface area contributed by atoms with Gasteiger partial charge < -0.3 is 15.4 Å². The average Bonchev–Trinajstić information content (AvgIpc) is 2.94. The highest BCUT2D eigenvalue weighted by atomic mass is 35.5. The first kappa shape index (κ1) is 17.2. The van der Waals surface area contributed by atoms with Crippen LogP contribution >= 0.6 is 22.9 Å². The summed E-state index contributed by atoms with van der Waals surface area (Å²) in [4.78, 5) is 19.7. The molecule has 1 aliphatic heterocycles. The third-order valence-corrected chi connectivity index (χ3v) is 5.33. The molecule has 24 heavy (non-hydrogen) atoms. The largest absolute Gasteiger partial charge is 0.486 e. The van der Waals surface area contributed by atoms with Gasteiger partial charge in [-0.3, -0.25) is 4.79 Å². The van der Waals surface area contributed by atoms with Crippen molar-refractivity contribution in [1.82, 2.24) is 9.88 Å². The molecule has 1 atom stereocenters. The zero-order valence-electron chi connectivity index (χ0n) is 13.5. The molecular formula is C17H20ClN3O2S. The maximum atomic E-state index is 12.7. The number of piperidine rings is 1. The Balaban J connectivity index is 1.66. The quantitative estimate of drug-likeness (QED) is 0.903. The molecule has 0 spiro atoms. The van der Waals surface area contributed by atoms with Gasteiger partial charge in [0.2, 0.25) is 0 Å². The van der Waals surface area contributed by atoms with Crippen LogP contribution < -0.4 is 10.5 Å². The van der Waals surface area contributed by atoms with E-state index in [9.17, 15) is 4.79 Å². The minimum Gasteiger partial charge on any atom is -0.486 e. The highest BCUT2D eigenvalue weighted by molar-refractivity contribution is 7.13. The molecule has 1 aromatic carbocycles. The van der Waals surface area contributed by atoms with Crippen molar-refractivity contribution >= 4 is 28.8 Å². The summed E-state index contributed by atoms with van der Waals surface area (Å²) < 4.78 is 5.70. The fourth-order valence-corrected chi connectivity index (χ4v) is 3.80. The zero-order valence-corrected chi connectivity index (χ0v) is 15.1. The number of hydrogen-bond donors (Lipinski definition) is 1. The van der Waals surface area contributed by atoms with Crippen molar-refractivity contribution in [1.29, 1.82) is 0 Å². The Hall–Kier alpha value is -1.63. The van der Waals surface area contributed by atoms with E-state index in [1.54, 1.807) is 12.1 Å². The van der Waals surface area contributed by atoms with Gasteiger partial charge in [0, 0.05) is 24.2 Å². The van der Waals surface area contributed by atoms with Crippen LogP contribution in [0.25, 0.3) is 0 Å². The molecule has 0 radical (unpaired) electrons. The lowest BCUT2D eigenvalue weighted by atomic mass is 10.1. The molecule has 1 amide bonds. The van der Waals surface area contributed by atoms with E-state index in [2.05, 4.69) is 4.98 Å². The second-order valence-electron chi connectivity index (χ2n) is 5.92. The van der Waals surface area contributed by atoms with Crippen LogP contribution in [0.5, 0.6) is 5.75 Å². The van der Waals surface area contributed by atoms with Crippen molar-refractivity contribution in [3.63, 3.8) is 0 Å². The first-order valence-corrected chi connectivity index (χ1v) is 9.12. The zero-order chi connectivity index (χ0) is 17.1. The summed E-state index contributed by atoms with van der Waals surface area (Å²) in [5.74, 6) is 0.750. The standard InChI is InChI=1S/C17H20ClN3O2S/c1-11-16(17(22)21-8-2-3-13(19)9-21)24-15(20-11)10-23-14-6-4-12(18)5-7-14/h4-7,13H,2-3,8-10,19H2,1H3. The molecule has 0 saturated carbocycles. The fourth-order valence-electron chi connectivity index (χ4n) is 2.73.